The number of carbonyl (C=O) groups is 1. The van der Waals surface area contributed by atoms with Gasteiger partial charge in [-0.2, -0.15) is 0 Å². The maximum absolute atomic E-state index is 10.7. The third-order valence-corrected chi connectivity index (χ3v) is 2.19. The molecule has 0 saturated carbocycles. The summed E-state index contributed by atoms with van der Waals surface area (Å²) >= 11 is 2.79. The van der Waals surface area contributed by atoms with Crippen molar-refractivity contribution in [2.75, 3.05) is 14.2 Å². The van der Waals surface area contributed by atoms with Crippen LogP contribution in [0.5, 0.6) is 11.5 Å². The Morgan fingerprint density at radius 2 is 2.13 bits per heavy atom. The number of methoxy groups -OCH3 is 2. The van der Waals surface area contributed by atoms with E-state index in [1.54, 1.807) is 26.4 Å². The number of ether oxygens (including phenoxy) is 2. The largest absolute Gasteiger partial charge is 0.497 e. The Morgan fingerprint density at radius 3 is 2.67 bits per heavy atom. The fraction of sp³-hybridized carbons (Fsp3) is 0.300. The highest BCUT2D eigenvalue weighted by molar-refractivity contribution is 9.18. The van der Waals surface area contributed by atoms with E-state index in [1.165, 1.54) is 0 Å². The van der Waals surface area contributed by atoms with E-state index in [1.807, 2.05) is 6.07 Å². The molecule has 1 rings (SSSR count). The highest BCUT2D eigenvalue weighted by atomic mass is 79.9. The summed E-state index contributed by atoms with van der Waals surface area (Å²) in [6.07, 6.45) is 0. The van der Waals surface area contributed by atoms with Crippen LogP contribution in [0.2, 0.25) is 0 Å². The number of carbonyl (C=O) groups excluding carboxylic acids is 1. The monoisotopic (exact) mass is 273 g/mol. The maximum atomic E-state index is 10.7. The first-order valence-corrected chi connectivity index (χ1v) is 5.11. The molecule has 4 nitrogen and oxygen atoms in total. The van der Waals surface area contributed by atoms with Crippen LogP contribution in [0.4, 0.5) is 4.79 Å². The normalized spacial score (nSPS) is 9.53. The van der Waals surface area contributed by atoms with Crippen molar-refractivity contribution < 1.29 is 14.3 Å². The summed E-state index contributed by atoms with van der Waals surface area (Å²) in [6, 6.07) is 5.43. The van der Waals surface area contributed by atoms with Crippen molar-refractivity contribution in [1.29, 1.82) is 0 Å². The minimum absolute atomic E-state index is 0.257. The van der Waals surface area contributed by atoms with Crippen molar-refractivity contribution in [2.24, 2.45) is 0 Å². The Hall–Kier alpha value is -1.23. The lowest BCUT2D eigenvalue weighted by molar-refractivity contribution is 0.261. The average molecular weight is 274 g/mol. The lowest BCUT2D eigenvalue weighted by Crippen LogP contribution is -2.15. The van der Waals surface area contributed by atoms with Gasteiger partial charge in [0.25, 0.3) is 4.82 Å². The molecule has 0 radical (unpaired) electrons. The van der Waals surface area contributed by atoms with Gasteiger partial charge < -0.3 is 14.8 Å². The van der Waals surface area contributed by atoms with Crippen LogP contribution in [0.1, 0.15) is 5.56 Å². The first-order chi connectivity index (χ1) is 7.17. The molecule has 0 unspecified atom stereocenters. The van der Waals surface area contributed by atoms with Crippen LogP contribution in [-0.2, 0) is 6.54 Å². The summed E-state index contributed by atoms with van der Waals surface area (Å²) in [6.45, 7) is 0.393. The zero-order valence-corrected chi connectivity index (χ0v) is 10.1. The summed E-state index contributed by atoms with van der Waals surface area (Å²) in [5, 5.41) is 2.63. The molecular weight excluding hydrogens is 262 g/mol. The van der Waals surface area contributed by atoms with E-state index < -0.39 is 0 Å². The Labute approximate surface area is 96.7 Å². The summed E-state index contributed by atoms with van der Waals surface area (Å²) in [4.78, 5) is 10.4. The van der Waals surface area contributed by atoms with Crippen molar-refractivity contribution in [3.05, 3.63) is 23.8 Å². The van der Waals surface area contributed by atoms with E-state index in [2.05, 4.69) is 21.2 Å². The van der Waals surface area contributed by atoms with Gasteiger partial charge >= 0.3 is 0 Å². The van der Waals surface area contributed by atoms with Crippen LogP contribution < -0.4 is 14.8 Å². The number of nitrogens with one attached hydrogen (secondary N) is 1. The molecule has 0 heterocycles. The summed E-state index contributed by atoms with van der Waals surface area (Å²) in [5.74, 6) is 1.45. The number of hydrogen-bond donors (Lipinski definition) is 1. The van der Waals surface area contributed by atoms with Crippen molar-refractivity contribution in [3.63, 3.8) is 0 Å². The highest BCUT2D eigenvalue weighted by Crippen LogP contribution is 2.23. The van der Waals surface area contributed by atoms with Gasteiger partial charge in [0.1, 0.15) is 11.5 Å². The number of halogens is 1. The van der Waals surface area contributed by atoms with Gasteiger partial charge in [-0.15, -0.1) is 0 Å². The van der Waals surface area contributed by atoms with Gasteiger partial charge in [-0.05, 0) is 18.2 Å². The topological polar surface area (TPSA) is 47.6 Å². The van der Waals surface area contributed by atoms with Crippen molar-refractivity contribution >= 4 is 20.7 Å². The summed E-state index contributed by atoms with van der Waals surface area (Å²) < 4.78 is 10.2. The second-order valence-electron chi connectivity index (χ2n) is 2.81. The van der Waals surface area contributed by atoms with E-state index in [4.69, 9.17) is 9.47 Å². The molecule has 1 N–H and O–H groups in total. The molecule has 1 aromatic carbocycles. The molecule has 1 amide bonds. The molecule has 5 heteroatoms. The number of benzene rings is 1. The second-order valence-corrected chi connectivity index (χ2v) is 3.53. The molecule has 0 saturated heterocycles. The van der Waals surface area contributed by atoms with Crippen LogP contribution in [0, 0.1) is 0 Å². The van der Waals surface area contributed by atoms with Gasteiger partial charge in [-0.1, -0.05) is 0 Å². The van der Waals surface area contributed by atoms with Gasteiger partial charge in [0.05, 0.1) is 14.2 Å². The van der Waals surface area contributed by atoms with E-state index in [0.717, 1.165) is 17.1 Å². The Kier molecular flexibility index (Phi) is 4.42. The summed E-state index contributed by atoms with van der Waals surface area (Å²) in [5.41, 5.74) is 0.865. The maximum Gasteiger partial charge on any atom is 0.287 e. The molecule has 82 valence electrons. The molecule has 1 aromatic rings. The molecule has 0 aliphatic heterocycles. The highest BCUT2D eigenvalue weighted by Gasteiger charge is 2.05. The van der Waals surface area contributed by atoms with Gasteiger partial charge in [0, 0.05) is 28.0 Å². The molecule has 0 spiro atoms. The van der Waals surface area contributed by atoms with Gasteiger partial charge in [-0.25, -0.2) is 0 Å². The fourth-order valence-corrected chi connectivity index (χ4v) is 1.32. The lowest BCUT2D eigenvalue weighted by atomic mass is 10.2. The van der Waals surface area contributed by atoms with Crippen molar-refractivity contribution in [2.45, 2.75) is 6.54 Å². The Bertz CT molecular complexity index is 355. The molecule has 0 aliphatic carbocycles. The van der Waals surface area contributed by atoms with Crippen LogP contribution in [0.15, 0.2) is 18.2 Å². The van der Waals surface area contributed by atoms with Gasteiger partial charge in [-0.3, -0.25) is 4.79 Å². The third-order valence-electron chi connectivity index (χ3n) is 1.91. The SMILES string of the molecule is COc1ccc(OC)c(CNC(=O)Br)c1. The predicted octanol–water partition coefficient (Wildman–Crippen LogP) is 2.31. The number of hydrogen-bond acceptors (Lipinski definition) is 3. The summed E-state index contributed by atoms with van der Waals surface area (Å²) in [7, 11) is 3.18. The molecule has 0 bridgehead atoms. The van der Waals surface area contributed by atoms with E-state index >= 15 is 0 Å². The first-order valence-electron chi connectivity index (χ1n) is 4.31. The minimum atomic E-state index is -0.257. The molecule has 0 fully saturated rings. The van der Waals surface area contributed by atoms with Crippen LogP contribution >= 0.6 is 15.9 Å². The second kappa shape index (κ2) is 5.60. The van der Waals surface area contributed by atoms with Crippen LogP contribution in [-0.4, -0.2) is 19.0 Å². The van der Waals surface area contributed by atoms with Crippen molar-refractivity contribution in [1.82, 2.24) is 5.32 Å². The smallest absolute Gasteiger partial charge is 0.287 e. The number of rotatable bonds is 4. The van der Waals surface area contributed by atoms with Gasteiger partial charge in [0.15, 0.2) is 0 Å². The fourth-order valence-electron chi connectivity index (χ4n) is 1.18. The zero-order chi connectivity index (χ0) is 11.3. The molecule has 0 atom stereocenters. The quantitative estimate of drug-likeness (QED) is 0.677. The average Bonchev–Trinajstić information content (AvgIpc) is 2.25. The first kappa shape index (κ1) is 11.8. The molecule has 15 heavy (non-hydrogen) atoms. The molecular formula is C10H12BrNO3. The van der Waals surface area contributed by atoms with E-state index in [0.29, 0.717) is 6.54 Å². The molecule has 0 aromatic heterocycles. The predicted molar refractivity (Wildman–Crippen MR) is 60.7 cm³/mol. The standard InChI is InChI=1S/C10H12BrNO3/c1-14-8-3-4-9(15-2)7(5-8)6-12-10(11)13/h3-5H,6H2,1-2H3,(H,12,13). The zero-order valence-electron chi connectivity index (χ0n) is 8.54. The minimum Gasteiger partial charge on any atom is -0.497 e. The Morgan fingerprint density at radius 1 is 1.40 bits per heavy atom. The van der Waals surface area contributed by atoms with Crippen LogP contribution in [0.3, 0.4) is 0 Å². The van der Waals surface area contributed by atoms with Crippen molar-refractivity contribution in [3.8, 4) is 11.5 Å². The molecule has 0 aliphatic rings. The lowest BCUT2D eigenvalue weighted by Gasteiger charge is -2.10. The van der Waals surface area contributed by atoms with Crippen LogP contribution in [0.25, 0.3) is 0 Å². The Balaban J connectivity index is 2.85. The third kappa shape index (κ3) is 3.43. The van der Waals surface area contributed by atoms with Gasteiger partial charge in [0.2, 0.25) is 0 Å². The van der Waals surface area contributed by atoms with E-state index in [-0.39, 0.29) is 4.82 Å². The number of amides is 1. The van der Waals surface area contributed by atoms with E-state index in [9.17, 15) is 4.79 Å².